The van der Waals surface area contributed by atoms with Gasteiger partial charge in [0.05, 0.1) is 13.2 Å². The number of rotatable bonds is 9. The van der Waals surface area contributed by atoms with Crippen LogP contribution >= 0.6 is 11.3 Å². The van der Waals surface area contributed by atoms with Gasteiger partial charge in [-0.25, -0.2) is 0 Å². The first-order valence-electron chi connectivity index (χ1n) is 9.30. The molecule has 0 spiro atoms. The second-order valence-electron chi connectivity index (χ2n) is 6.48. The third kappa shape index (κ3) is 6.00. The van der Waals surface area contributed by atoms with Gasteiger partial charge in [0, 0.05) is 31.7 Å². The lowest BCUT2D eigenvalue weighted by atomic mass is 10.2. The number of ether oxygens (including phenoxy) is 2. The molecule has 0 unspecified atom stereocenters. The van der Waals surface area contributed by atoms with Crippen molar-refractivity contribution in [2.24, 2.45) is 0 Å². The van der Waals surface area contributed by atoms with E-state index >= 15 is 0 Å². The molecule has 0 saturated carbocycles. The molecule has 28 heavy (non-hydrogen) atoms. The zero-order valence-corrected chi connectivity index (χ0v) is 16.6. The molecule has 1 saturated heterocycles. The van der Waals surface area contributed by atoms with Crippen LogP contribution in [0.1, 0.15) is 40.5 Å². The van der Waals surface area contributed by atoms with Gasteiger partial charge in [-0.1, -0.05) is 11.3 Å². The molecule has 3 rings (SSSR count). The van der Waals surface area contributed by atoms with Gasteiger partial charge in [-0.2, -0.15) is 0 Å². The Morgan fingerprint density at radius 2 is 2.11 bits per heavy atom. The van der Waals surface area contributed by atoms with E-state index in [0.717, 1.165) is 30.2 Å². The van der Waals surface area contributed by atoms with Crippen LogP contribution in [-0.4, -0.2) is 48.4 Å². The van der Waals surface area contributed by atoms with Crippen molar-refractivity contribution in [1.29, 1.82) is 0 Å². The van der Waals surface area contributed by atoms with Crippen LogP contribution in [0, 0.1) is 0 Å². The minimum atomic E-state index is -0.303. The molecule has 1 aliphatic heterocycles. The topological polar surface area (TPSA) is 102 Å². The summed E-state index contributed by atoms with van der Waals surface area (Å²) in [6.45, 7) is 1.36. The number of nitrogens with zero attached hydrogens (tertiary/aromatic N) is 2. The van der Waals surface area contributed by atoms with E-state index in [9.17, 15) is 9.59 Å². The molecule has 0 bridgehead atoms. The Kier molecular flexibility index (Phi) is 7.32. The standard InChI is InChI=1S/C19H24N4O4S/c1-26-14-9-7-13(8-10-14)21-18(25)19-23-22-17(28-19)6-2-5-16(24)20-12-15-4-3-11-27-15/h7-10,15H,2-6,11-12H2,1H3,(H,20,24)(H,21,25)/t15-/m0/s1. The minimum absolute atomic E-state index is 0.0116. The Morgan fingerprint density at radius 3 is 2.82 bits per heavy atom. The number of aromatic nitrogens is 2. The highest BCUT2D eigenvalue weighted by molar-refractivity contribution is 7.13. The van der Waals surface area contributed by atoms with Crippen molar-refractivity contribution in [1.82, 2.24) is 15.5 Å². The predicted molar refractivity (Wildman–Crippen MR) is 106 cm³/mol. The SMILES string of the molecule is COc1ccc(NC(=O)c2nnc(CCCC(=O)NC[C@@H]3CCCO3)s2)cc1. The van der Waals surface area contributed by atoms with Crippen molar-refractivity contribution in [3.05, 3.63) is 34.3 Å². The summed E-state index contributed by atoms with van der Waals surface area (Å²) in [6, 6.07) is 7.05. The number of aryl methyl sites for hydroxylation is 1. The van der Waals surface area contributed by atoms with Crippen LogP contribution in [0.5, 0.6) is 5.75 Å². The van der Waals surface area contributed by atoms with Crippen molar-refractivity contribution >= 4 is 28.8 Å². The van der Waals surface area contributed by atoms with E-state index in [1.165, 1.54) is 11.3 Å². The summed E-state index contributed by atoms with van der Waals surface area (Å²) in [5.74, 6) is 0.428. The molecule has 1 aromatic heterocycles. The number of carbonyl (C=O) groups is 2. The fourth-order valence-corrected chi connectivity index (χ4v) is 3.60. The largest absolute Gasteiger partial charge is 0.497 e. The maximum absolute atomic E-state index is 12.3. The summed E-state index contributed by atoms with van der Waals surface area (Å²) in [7, 11) is 1.59. The van der Waals surface area contributed by atoms with Crippen LogP contribution in [0.3, 0.4) is 0 Å². The highest BCUT2D eigenvalue weighted by Gasteiger charge is 2.16. The molecular formula is C19H24N4O4S. The molecular weight excluding hydrogens is 380 g/mol. The summed E-state index contributed by atoms with van der Waals surface area (Å²) in [4.78, 5) is 24.1. The van der Waals surface area contributed by atoms with Gasteiger partial charge in [0.25, 0.3) is 5.91 Å². The molecule has 9 heteroatoms. The van der Waals surface area contributed by atoms with E-state index in [-0.39, 0.29) is 17.9 Å². The zero-order valence-electron chi connectivity index (χ0n) is 15.8. The highest BCUT2D eigenvalue weighted by Crippen LogP contribution is 2.18. The summed E-state index contributed by atoms with van der Waals surface area (Å²) < 4.78 is 10.6. The summed E-state index contributed by atoms with van der Waals surface area (Å²) >= 11 is 1.24. The number of amides is 2. The average Bonchev–Trinajstić information content (AvgIpc) is 3.39. The summed E-state index contributed by atoms with van der Waals surface area (Å²) in [5, 5.41) is 14.7. The lowest BCUT2D eigenvalue weighted by Gasteiger charge is -2.10. The zero-order chi connectivity index (χ0) is 19.8. The molecule has 1 aromatic carbocycles. The highest BCUT2D eigenvalue weighted by atomic mass is 32.1. The molecule has 0 radical (unpaired) electrons. The molecule has 8 nitrogen and oxygen atoms in total. The van der Waals surface area contributed by atoms with Crippen molar-refractivity contribution in [2.75, 3.05) is 25.6 Å². The molecule has 1 fully saturated rings. The Bertz CT molecular complexity index is 787. The lowest BCUT2D eigenvalue weighted by molar-refractivity contribution is -0.121. The Hall–Kier alpha value is -2.52. The maximum Gasteiger partial charge on any atom is 0.286 e. The van der Waals surface area contributed by atoms with E-state index in [0.29, 0.717) is 36.5 Å². The first-order valence-corrected chi connectivity index (χ1v) is 10.1. The number of nitrogens with one attached hydrogen (secondary N) is 2. The number of hydrogen-bond acceptors (Lipinski definition) is 7. The van der Waals surface area contributed by atoms with E-state index in [1.807, 2.05) is 0 Å². The van der Waals surface area contributed by atoms with Gasteiger partial charge < -0.3 is 20.1 Å². The first kappa shape index (κ1) is 20.2. The van der Waals surface area contributed by atoms with Crippen LogP contribution in [0.2, 0.25) is 0 Å². The van der Waals surface area contributed by atoms with E-state index in [1.54, 1.807) is 31.4 Å². The van der Waals surface area contributed by atoms with E-state index in [2.05, 4.69) is 20.8 Å². The molecule has 1 aliphatic rings. The van der Waals surface area contributed by atoms with Gasteiger partial charge in [-0.3, -0.25) is 9.59 Å². The molecule has 2 aromatic rings. The number of anilines is 1. The van der Waals surface area contributed by atoms with Crippen molar-refractivity contribution in [3.63, 3.8) is 0 Å². The van der Waals surface area contributed by atoms with Crippen molar-refractivity contribution in [2.45, 2.75) is 38.2 Å². The number of benzene rings is 1. The van der Waals surface area contributed by atoms with Gasteiger partial charge in [-0.05, 0) is 43.5 Å². The van der Waals surface area contributed by atoms with E-state index < -0.39 is 0 Å². The van der Waals surface area contributed by atoms with Crippen molar-refractivity contribution in [3.8, 4) is 5.75 Å². The van der Waals surface area contributed by atoms with Gasteiger partial charge >= 0.3 is 0 Å². The molecule has 2 N–H and O–H groups in total. The first-order chi connectivity index (χ1) is 13.6. The molecule has 1 atom stereocenters. The van der Waals surface area contributed by atoms with Crippen molar-refractivity contribution < 1.29 is 19.1 Å². The fraction of sp³-hybridized carbons (Fsp3) is 0.474. The van der Waals surface area contributed by atoms with Crippen LogP contribution < -0.4 is 15.4 Å². The quantitative estimate of drug-likeness (QED) is 0.665. The third-order valence-electron chi connectivity index (χ3n) is 4.35. The third-order valence-corrected chi connectivity index (χ3v) is 5.34. The van der Waals surface area contributed by atoms with Gasteiger partial charge in [-0.15, -0.1) is 10.2 Å². The summed E-state index contributed by atoms with van der Waals surface area (Å²) in [6.07, 6.45) is 3.91. The van der Waals surface area contributed by atoms with Crippen LogP contribution in [-0.2, 0) is 16.0 Å². The number of hydrogen-bond donors (Lipinski definition) is 2. The maximum atomic E-state index is 12.3. The Morgan fingerprint density at radius 1 is 1.29 bits per heavy atom. The second-order valence-corrected chi connectivity index (χ2v) is 7.54. The van der Waals surface area contributed by atoms with E-state index in [4.69, 9.17) is 9.47 Å². The summed E-state index contributed by atoms with van der Waals surface area (Å²) in [5.41, 5.74) is 0.658. The number of carbonyl (C=O) groups excluding carboxylic acids is 2. The van der Waals surface area contributed by atoms with Crippen LogP contribution in [0.15, 0.2) is 24.3 Å². The molecule has 2 amide bonds. The fourth-order valence-electron chi connectivity index (χ4n) is 2.83. The average molecular weight is 404 g/mol. The number of methoxy groups -OCH3 is 1. The normalized spacial score (nSPS) is 16.0. The monoisotopic (exact) mass is 404 g/mol. The minimum Gasteiger partial charge on any atom is -0.497 e. The molecule has 0 aliphatic carbocycles. The second kappa shape index (κ2) is 10.1. The molecule has 150 valence electrons. The smallest absolute Gasteiger partial charge is 0.286 e. The predicted octanol–water partition coefficient (Wildman–Crippen LogP) is 2.42. The Balaban J connectivity index is 1.39. The Labute approximate surface area is 167 Å². The molecule has 2 heterocycles. The van der Waals surface area contributed by atoms with Gasteiger partial charge in [0.2, 0.25) is 10.9 Å². The van der Waals surface area contributed by atoms with Crippen LogP contribution in [0.4, 0.5) is 5.69 Å². The lowest BCUT2D eigenvalue weighted by Crippen LogP contribution is -2.31. The van der Waals surface area contributed by atoms with Gasteiger partial charge in [0.15, 0.2) is 0 Å². The van der Waals surface area contributed by atoms with Gasteiger partial charge in [0.1, 0.15) is 10.8 Å². The van der Waals surface area contributed by atoms with Crippen LogP contribution in [0.25, 0.3) is 0 Å².